The van der Waals surface area contributed by atoms with Crippen molar-refractivity contribution in [3.63, 3.8) is 0 Å². The first kappa shape index (κ1) is 13.8. The third-order valence-electron chi connectivity index (χ3n) is 3.96. The van der Waals surface area contributed by atoms with Crippen LogP contribution < -0.4 is 0 Å². The number of aromatic nitrogens is 4. The van der Waals surface area contributed by atoms with Gasteiger partial charge in [-0.3, -0.25) is 0 Å². The van der Waals surface area contributed by atoms with Crippen LogP contribution in [0.2, 0.25) is 0 Å². The molecule has 21 heavy (non-hydrogen) atoms. The largest absolute Gasteiger partial charge is 0.303 e. The lowest BCUT2D eigenvalue weighted by Gasteiger charge is -2.07. The molecule has 4 rings (SSSR count). The van der Waals surface area contributed by atoms with Crippen LogP contribution >= 0.6 is 23.1 Å². The number of thioether (sulfide) groups is 1. The summed E-state index contributed by atoms with van der Waals surface area (Å²) < 4.78 is 2.42. The number of nitrogens with zero attached hydrogens (tertiary/aromatic N) is 4. The molecule has 0 aliphatic heterocycles. The molecule has 2 heterocycles. The first-order valence-corrected chi connectivity index (χ1v) is 9.72. The fourth-order valence-electron chi connectivity index (χ4n) is 2.57. The summed E-state index contributed by atoms with van der Waals surface area (Å²) in [5.41, 5.74) is 1.19. The Kier molecular flexibility index (Phi) is 3.75. The normalized spacial score (nSPS) is 18.3. The molecule has 0 unspecified atom stereocenters. The molecule has 0 spiro atoms. The molecule has 2 aliphatic carbocycles. The van der Waals surface area contributed by atoms with E-state index in [1.54, 1.807) is 23.1 Å². The van der Waals surface area contributed by atoms with Gasteiger partial charge in [-0.15, -0.1) is 21.5 Å². The Morgan fingerprint density at radius 1 is 1.29 bits per heavy atom. The van der Waals surface area contributed by atoms with Gasteiger partial charge in [0.15, 0.2) is 5.16 Å². The molecule has 0 atom stereocenters. The second kappa shape index (κ2) is 5.72. The minimum atomic E-state index is 0.671. The van der Waals surface area contributed by atoms with Gasteiger partial charge in [-0.05, 0) is 38.5 Å². The third kappa shape index (κ3) is 3.01. The van der Waals surface area contributed by atoms with Gasteiger partial charge < -0.3 is 4.57 Å². The fourth-order valence-corrected chi connectivity index (χ4v) is 4.48. The topological polar surface area (TPSA) is 43.6 Å². The number of hydrogen-bond donors (Lipinski definition) is 0. The SMILES string of the molecule is CCCc1nc(CSc2nnc(C3CC3)n2C2CC2)cs1. The molecule has 2 aromatic rings. The van der Waals surface area contributed by atoms with Crippen molar-refractivity contribution in [2.24, 2.45) is 0 Å². The van der Waals surface area contributed by atoms with Gasteiger partial charge in [0.1, 0.15) is 5.82 Å². The predicted molar refractivity (Wildman–Crippen MR) is 85.9 cm³/mol. The fraction of sp³-hybridized carbons (Fsp3) is 0.667. The Labute approximate surface area is 133 Å². The maximum Gasteiger partial charge on any atom is 0.191 e. The van der Waals surface area contributed by atoms with E-state index in [1.165, 1.54) is 48.6 Å². The average molecular weight is 320 g/mol. The lowest BCUT2D eigenvalue weighted by atomic mass is 10.3. The van der Waals surface area contributed by atoms with Gasteiger partial charge >= 0.3 is 0 Å². The Morgan fingerprint density at radius 3 is 2.86 bits per heavy atom. The Bertz CT molecular complexity index is 625. The quantitative estimate of drug-likeness (QED) is 0.717. The van der Waals surface area contributed by atoms with Crippen molar-refractivity contribution >= 4 is 23.1 Å². The summed E-state index contributed by atoms with van der Waals surface area (Å²) in [5.74, 6) is 2.84. The minimum absolute atomic E-state index is 0.671. The van der Waals surface area contributed by atoms with E-state index in [9.17, 15) is 0 Å². The standard InChI is InChI=1S/C15H20N4S2/c1-2-3-13-16-11(8-20-13)9-21-15-18-17-14(10-4-5-10)19(15)12-6-7-12/h8,10,12H,2-7,9H2,1H3. The molecule has 112 valence electrons. The molecular formula is C15H20N4S2. The van der Waals surface area contributed by atoms with Crippen LogP contribution in [0.15, 0.2) is 10.5 Å². The van der Waals surface area contributed by atoms with E-state index >= 15 is 0 Å². The van der Waals surface area contributed by atoms with Crippen molar-refractivity contribution in [1.82, 2.24) is 19.7 Å². The van der Waals surface area contributed by atoms with Gasteiger partial charge in [0, 0.05) is 23.1 Å². The highest BCUT2D eigenvalue weighted by atomic mass is 32.2. The lowest BCUT2D eigenvalue weighted by Crippen LogP contribution is -2.02. The van der Waals surface area contributed by atoms with Crippen LogP contribution in [0.4, 0.5) is 0 Å². The first-order valence-electron chi connectivity index (χ1n) is 7.86. The molecule has 2 aliphatic rings. The summed E-state index contributed by atoms with van der Waals surface area (Å²) in [6.07, 6.45) is 7.44. The van der Waals surface area contributed by atoms with Crippen molar-refractivity contribution < 1.29 is 0 Å². The smallest absolute Gasteiger partial charge is 0.191 e. The first-order chi connectivity index (χ1) is 10.3. The number of aryl methyl sites for hydroxylation is 1. The van der Waals surface area contributed by atoms with Crippen LogP contribution in [0.25, 0.3) is 0 Å². The summed E-state index contributed by atoms with van der Waals surface area (Å²) in [4.78, 5) is 4.70. The van der Waals surface area contributed by atoms with E-state index < -0.39 is 0 Å². The molecule has 0 bridgehead atoms. The highest BCUT2D eigenvalue weighted by Crippen LogP contribution is 2.46. The molecule has 6 heteroatoms. The van der Waals surface area contributed by atoms with Crippen LogP contribution in [0, 0.1) is 0 Å². The summed E-state index contributed by atoms with van der Waals surface area (Å²) >= 11 is 3.58. The average Bonchev–Trinajstić information content (AvgIpc) is 3.41. The Morgan fingerprint density at radius 2 is 2.14 bits per heavy atom. The van der Waals surface area contributed by atoms with Gasteiger partial charge in [-0.2, -0.15) is 0 Å². The van der Waals surface area contributed by atoms with E-state index in [1.807, 2.05) is 0 Å². The van der Waals surface area contributed by atoms with Gasteiger partial charge in [0.05, 0.1) is 10.7 Å². The van der Waals surface area contributed by atoms with Gasteiger partial charge in [0.2, 0.25) is 0 Å². The second-order valence-corrected chi connectivity index (χ2v) is 7.87. The summed E-state index contributed by atoms with van der Waals surface area (Å²) in [7, 11) is 0. The summed E-state index contributed by atoms with van der Waals surface area (Å²) in [6, 6.07) is 0.671. The van der Waals surface area contributed by atoms with E-state index in [4.69, 9.17) is 4.98 Å². The van der Waals surface area contributed by atoms with Crippen molar-refractivity contribution in [3.8, 4) is 0 Å². The van der Waals surface area contributed by atoms with Gasteiger partial charge in [-0.1, -0.05) is 18.7 Å². The van der Waals surface area contributed by atoms with Crippen molar-refractivity contribution in [1.29, 1.82) is 0 Å². The van der Waals surface area contributed by atoms with Crippen LogP contribution in [-0.2, 0) is 12.2 Å². The maximum absolute atomic E-state index is 4.70. The monoisotopic (exact) mass is 320 g/mol. The molecule has 2 fully saturated rings. The number of rotatable bonds is 7. The summed E-state index contributed by atoms with van der Waals surface area (Å²) in [5, 5.41) is 13.5. The molecule has 0 amide bonds. The molecule has 2 aromatic heterocycles. The van der Waals surface area contributed by atoms with E-state index in [2.05, 4.69) is 27.1 Å². The van der Waals surface area contributed by atoms with E-state index in [0.717, 1.165) is 17.3 Å². The molecule has 0 radical (unpaired) electrons. The minimum Gasteiger partial charge on any atom is -0.303 e. The Hall–Kier alpha value is -0.880. The molecule has 4 nitrogen and oxygen atoms in total. The molecule has 2 saturated carbocycles. The van der Waals surface area contributed by atoms with E-state index in [-0.39, 0.29) is 0 Å². The van der Waals surface area contributed by atoms with Crippen LogP contribution in [0.5, 0.6) is 0 Å². The predicted octanol–water partition coefficient (Wildman–Crippen LogP) is 4.19. The number of thiazole rings is 1. The molecular weight excluding hydrogens is 300 g/mol. The molecule has 0 saturated heterocycles. The van der Waals surface area contributed by atoms with Crippen molar-refractivity contribution in [2.75, 3.05) is 0 Å². The second-order valence-electron chi connectivity index (χ2n) is 5.99. The zero-order chi connectivity index (χ0) is 14.2. The van der Waals surface area contributed by atoms with Crippen LogP contribution in [-0.4, -0.2) is 19.7 Å². The molecule has 0 aromatic carbocycles. The van der Waals surface area contributed by atoms with E-state index in [0.29, 0.717) is 12.0 Å². The van der Waals surface area contributed by atoms with Crippen molar-refractivity contribution in [2.45, 2.75) is 68.3 Å². The zero-order valence-electron chi connectivity index (χ0n) is 12.3. The van der Waals surface area contributed by atoms with Crippen molar-refractivity contribution in [3.05, 3.63) is 21.9 Å². The van der Waals surface area contributed by atoms with Crippen LogP contribution in [0.1, 0.15) is 67.5 Å². The zero-order valence-corrected chi connectivity index (χ0v) is 13.9. The molecule has 0 N–H and O–H groups in total. The summed E-state index contributed by atoms with van der Waals surface area (Å²) in [6.45, 7) is 2.20. The lowest BCUT2D eigenvalue weighted by molar-refractivity contribution is 0.627. The Balaban J connectivity index is 1.46. The van der Waals surface area contributed by atoms with Gasteiger partial charge in [-0.25, -0.2) is 4.98 Å². The third-order valence-corrected chi connectivity index (χ3v) is 5.89. The number of hydrogen-bond acceptors (Lipinski definition) is 5. The van der Waals surface area contributed by atoms with Gasteiger partial charge in [0.25, 0.3) is 0 Å². The van der Waals surface area contributed by atoms with Crippen LogP contribution in [0.3, 0.4) is 0 Å². The maximum atomic E-state index is 4.70. The highest BCUT2D eigenvalue weighted by Gasteiger charge is 2.36. The highest BCUT2D eigenvalue weighted by molar-refractivity contribution is 7.98.